The monoisotopic (exact) mass is 609 g/mol. The van der Waals surface area contributed by atoms with Crippen molar-refractivity contribution in [2.24, 2.45) is 5.10 Å². The molecule has 1 atom stereocenters. The van der Waals surface area contributed by atoms with E-state index in [2.05, 4.69) is 19.8 Å². The van der Waals surface area contributed by atoms with Gasteiger partial charge >= 0.3 is 17.6 Å². The number of pyridine rings is 1. The number of amides is 1. The van der Waals surface area contributed by atoms with E-state index in [1.807, 2.05) is 11.1 Å². The molecule has 5 aromatic rings. The number of nitrogens with one attached hydrogen (secondary N) is 2. The molecule has 0 saturated heterocycles. The number of carbonyl (C=O) groups is 1. The second kappa shape index (κ2) is 10.7. The minimum atomic E-state index is -4.03. The highest BCUT2D eigenvalue weighted by Crippen LogP contribution is 2.39. The van der Waals surface area contributed by atoms with Gasteiger partial charge in [-0.2, -0.15) is 13.9 Å². The number of halogens is 4. The quantitative estimate of drug-likeness (QED) is 0.254. The summed E-state index contributed by atoms with van der Waals surface area (Å²) in [5.41, 5.74) is 1.95. The molecule has 0 unspecified atom stereocenters. The Kier molecular flexibility index (Phi) is 6.99. The molecule has 212 valence electrons. The number of fused-ring (bicyclic) bond motifs is 1. The van der Waals surface area contributed by atoms with Crippen LogP contribution in [-0.4, -0.2) is 37.7 Å². The van der Waals surface area contributed by atoms with Gasteiger partial charge in [0.05, 0.1) is 23.7 Å². The van der Waals surface area contributed by atoms with E-state index in [1.165, 1.54) is 0 Å². The van der Waals surface area contributed by atoms with Gasteiger partial charge in [-0.05, 0) is 41.5 Å². The first-order valence-electron chi connectivity index (χ1n) is 12.6. The van der Waals surface area contributed by atoms with Gasteiger partial charge in [-0.3, -0.25) is 19.1 Å². The molecule has 9 nitrogen and oxygen atoms in total. The number of hydrogen-bond donors (Lipinski definition) is 2. The summed E-state index contributed by atoms with van der Waals surface area (Å²) in [7, 11) is 0. The topological polar surface area (TPSA) is 124 Å². The average Bonchev–Trinajstić information content (AvgIpc) is 3.58. The van der Waals surface area contributed by atoms with Gasteiger partial charge in [-0.1, -0.05) is 70.8 Å². The number of hydrazone groups is 1. The first kappa shape index (κ1) is 27.6. The van der Waals surface area contributed by atoms with E-state index < -0.39 is 41.4 Å². The van der Waals surface area contributed by atoms with Crippen LogP contribution in [0.2, 0.25) is 10.0 Å². The molecule has 3 aromatic carbocycles. The highest BCUT2D eigenvalue weighted by atomic mass is 35.5. The van der Waals surface area contributed by atoms with Gasteiger partial charge in [0.15, 0.2) is 5.82 Å². The molecule has 2 N–H and O–H groups in total. The van der Waals surface area contributed by atoms with E-state index in [0.717, 1.165) is 0 Å². The predicted molar refractivity (Wildman–Crippen MR) is 153 cm³/mol. The van der Waals surface area contributed by atoms with E-state index >= 15 is 8.78 Å². The Morgan fingerprint density at radius 1 is 0.952 bits per heavy atom. The Balaban J connectivity index is 1.51. The zero-order chi connectivity index (χ0) is 29.6. The van der Waals surface area contributed by atoms with Crippen molar-refractivity contribution in [2.75, 3.05) is 0 Å². The highest BCUT2D eigenvalue weighted by Gasteiger charge is 2.48. The van der Waals surface area contributed by atoms with Crippen LogP contribution in [-0.2, 0) is 11.2 Å². The van der Waals surface area contributed by atoms with Crippen molar-refractivity contribution in [1.29, 1.82) is 0 Å². The van der Waals surface area contributed by atoms with Crippen LogP contribution in [0.1, 0.15) is 29.4 Å². The maximum atomic E-state index is 15.4. The van der Waals surface area contributed by atoms with E-state index in [4.69, 9.17) is 23.2 Å². The molecule has 42 heavy (non-hydrogen) atoms. The van der Waals surface area contributed by atoms with Crippen LogP contribution in [0.25, 0.3) is 22.0 Å². The van der Waals surface area contributed by atoms with Gasteiger partial charge in [0.25, 0.3) is 5.56 Å². The molecule has 0 aliphatic carbocycles. The number of para-hydroxylation sites is 1. The van der Waals surface area contributed by atoms with E-state index in [1.54, 1.807) is 66.7 Å². The van der Waals surface area contributed by atoms with Crippen LogP contribution in [0, 0.1) is 0 Å². The molecule has 13 heteroatoms. The number of aromatic nitrogens is 3. The Bertz CT molecular complexity index is 1970. The molecule has 3 heterocycles. The van der Waals surface area contributed by atoms with Crippen molar-refractivity contribution in [1.82, 2.24) is 20.1 Å². The second-order valence-electron chi connectivity index (χ2n) is 9.65. The molecule has 6 rings (SSSR count). The van der Waals surface area contributed by atoms with Crippen LogP contribution in [0.15, 0.2) is 92.0 Å². The van der Waals surface area contributed by atoms with Crippen molar-refractivity contribution in [3.05, 3.63) is 121 Å². The van der Waals surface area contributed by atoms with Gasteiger partial charge in [-0.15, -0.1) is 0 Å². The van der Waals surface area contributed by atoms with Crippen molar-refractivity contribution in [2.45, 2.75) is 24.8 Å². The molecule has 0 fully saturated rings. The lowest BCUT2D eigenvalue weighted by atomic mass is 9.91. The summed E-state index contributed by atoms with van der Waals surface area (Å²) in [4.78, 5) is 43.1. The van der Waals surface area contributed by atoms with E-state index in [0.29, 0.717) is 42.6 Å². The van der Waals surface area contributed by atoms with Crippen molar-refractivity contribution in [3.8, 4) is 11.1 Å². The normalized spacial score (nSPS) is 15.3. The fraction of sp³-hybridized carbons (Fsp3) is 0.138. The molecular formula is C29H19Cl2F2N5O4. The zero-order valence-electron chi connectivity index (χ0n) is 21.4. The molecule has 0 radical (unpaired) electrons. The summed E-state index contributed by atoms with van der Waals surface area (Å²) in [5.74, 6) is -7.20. The van der Waals surface area contributed by atoms with Crippen LogP contribution >= 0.6 is 23.2 Å². The zero-order valence-corrected chi connectivity index (χ0v) is 22.9. The number of alkyl halides is 2. The van der Waals surface area contributed by atoms with Gasteiger partial charge < -0.3 is 4.98 Å². The SMILES string of the molecule is O=C(N1N=C(c2c(-c3ccc(Cl)cc3)c3ccccc3[nH]c2=O)C[C@H]1c1ccc(Cl)cc1)C(F)(F)Cc1noc(=O)[nH]1. The lowest BCUT2D eigenvalue weighted by Gasteiger charge is -2.25. The Morgan fingerprint density at radius 2 is 1.62 bits per heavy atom. The van der Waals surface area contributed by atoms with Gasteiger partial charge in [-0.25, -0.2) is 9.80 Å². The predicted octanol–water partition coefficient (Wildman–Crippen LogP) is 5.73. The molecule has 0 spiro atoms. The molecule has 2 aromatic heterocycles. The third-order valence-corrected chi connectivity index (χ3v) is 7.41. The fourth-order valence-corrected chi connectivity index (χ4v) is 5.27. The summed E-state index contributed by atoms with van der Waals surface area (Å²) < 4.78 is 35.0. The Morgan fingerprint density at radius 3 is 2.29 bits per heavy atom. The van der Waals surface area contributed by atoms with Crippen LogP contribution in [0.3, 0.4) is 0 Å². The molecular weight excluding hydrogens is 591 g/mol. The molecule has 0 bridgehead atoms. The number of rotatable bonds is 6. The van der Waals surface area contributed by atoms with Gasteiger partial charge in [0, 0.05) is 32.9 Å². The lowest BCUT2D eigenvalue weighted by Crippen LogP contribution is -2.42. The number of aromatic amines is 2. The second-order valence-corrected chi connectivity index (χ2v) is 10.5. The summed E-state index contributed by atoms with van der Waals surface area (Å²) in [6, 6.07) is 19.3. The van der Waals surface area contributed by atoms with Crippen molar-refractivity contribution < 1.29 is 18.1 Å². The maximum absolute atomic E-state index is 15.4. The molecule has 0 saturated carbocycles. The first-order valence-corrected chi connectivity index (χ1v) is 13.4. The van der Waals surface area contributed by atoms with Crippen molar-refractivity contribution in [3.63, 3.8) is 0 Å². The smallest absolute Gasteiger partial charge is 0.321 e. The minimum absolute atomic E-state index is 0.0493. The van der Waals surface area contributed by atoms with Gasteiger partial charge in [0.2, 0.25) is 0 Å². The molecule has 1 amide bonds. The first-order chi connectivity index (χ1) is 20.1. The van der Waals surface area contributed by atoms with Crippen LogP contribution in [0.5, 0.6) is 0 Å². The largest absolute Gasteiger partial charge is 0.438 e. The van der Waals surface area contributed by atoms with E-state index in [-0.39, 0.29) is 17.7 Å². The average molecular weight is 610 g/mol. The standard InChI is InChI=1S/C29H19Cl2F2N5O4/c30-17-9-5-15(6-10-17)22-13-21(36-38(22)27(40)29(32,33)14-23-35-28(41)42-37-23)25-24(16-7-11-18(31)12-8-16)19-3-1-2-4-20(19)34-26(25)39/h1-12,22H,13-14H2,(H,34,39)(H,35,37,41)/t22-/m0/s1. The molecule has 1 aliphatic rings. The maximum Gasteiger partial charge on any atom is 0.438 e. The number of carbonyl (C=O) groups excluding carboxylic acids is 1. The Labute approximate surface area is 245 Å². The van der Waals surface area contributed by atoms with Crippen molar-refractivity contribution >= 4 is 45.7 Å². The lowest BCUT2D eigenvalue weighted by molar-refractivity contribution is -0.159. The number of nitrogens with zero attached hydrogens (tertiary/aromatic N) is 3. The van der Waals surface area contributed by atoms with E-state index in [9.17, 15) is 14.4 Å². The highest BCUT2D eigenvalue weighted by molar-refractivity contribution is 6.31. The number of hydrogen-bond acceptors (Lipinski definition) is 6. The molecule has 1 aliphatic heterocycles. The summed E-state index contributed by atoms with van der Waals surface area (Å²) in [5, 5.41) is 9.86. The van der Waals surface area contributed by atoms with Gasteiger partial charge in [0.1, 0.15) is 0 Å². The summed E-state index contributed by atoms with van der Waals surface area (Å²) >= 11 is 12.2. The summed E-state index contributed by atoms with van der Waals surface area (Å²) in [6.07, 6.45) is -1.27. The third-order valence-electron chi connectivity index (χ3n) is 6.90. The Hall–Kier alpha value is -4.61. The third kappa shape index (κ3) is 5.12. The van der Waals surface area contributed by atoms with Crippen LogP contribution < -0.4 is 11.3 Å². The number of H-pyrrole nitrogens is 2. The minimum Gasteiger partial charge on any atom is -0.321 e. The fourth-order valence-electron chi connectivity index (χ4n) is 5.02. The number of benzene rings is 3. The van der Waals surface area contributed by atoms with Crippen LogP contribution in [0.4, 0.5) is 8.78 Å². The summed E-state index contributed by atoms with van der Waals surface area (Å²) in [6.45, 7) is 0.